The lowest BCUT2D eigenvalue weighted by Gasteiger charge is -2.16. The number of rotatable bonds is 14. The number of aryl methyl sites for hydroxylation is 1. The molecular formula is C21H31N6O5PS. The fourth-order valence-corrected chi connectivity index (χ4v) is 5.06. The van der Waals surface area contributed by atoms with Gasteiger partial charge < -0.3 is 20.1 Å². The third kappa shape index (κ3) is 8.60. The molecule has 1 heterocycles. The molecule has 0 bridgehead atoms. The van der Waals surface area contributed by atoms with Gasteiger partial charge in [0.1, 0.15) is 0 Å². The van der Waals surface area contributed by atoms with Gasteiger partial charge in [0.2, 0.25) is 0 Å². The van der Waals surface area contributed by atoms with Gasteiger partial charge in [0.05, 0.1) is 19.4 Å². The van der Waals surface area contributed by atoms with Gasteiger partial charge in [0.25, 0.3) is 11.8 Å². The summed E-state index contributed by atoms with van der Waals surface area (Å²) in [7, 11) is -3.03. The fraction of sp³-hybridized carbons (Fsp3) is 0.476. The molecular weight excluding hydrogens is 479 g/mol. The van der Waals surface area contributed by atoms with Crippen LogP contribution in [0.25, 0.3) is 0 Å². The fourth-order valence-electron chi connectivity index (χ4n) is 3.14. The number of benzene rings is 1. The SMILES string of the molecule is CCOP(=O)(CCCCCCn1nnc(C(N)=O)c1NC(=S)NC(=O)c1ccccc1)OCC. The molecule has 1 aromatic heterocycles. The lowest BCUT2D eigenvalue weighted by molar-refractivity contribution is 0.0975. The Morgan fingerprint density at radius 1 is 1.09 bits per heavy atom. The second kappa shape index (κ2) is 13.9. The zero-order valence-corrected chi connectivity index (χ0v) is 21.1. The molecule has 13 heteroatoms. The second-order valence-electron chi connectivity index (χ2n) is 7.23. The van der Waals surface area contributed by atoms with E-state index in [4.69, 9.17) is 27.0 Å². The van der Waals surface area contributed by atoms with E-state index in [1.165, 1.54) is 4.68 Å². The van der Waals surface area contributed by atoms with Gasteiger partial charge in [-0.05, 0) is 51.0 Å². The molecule has 0 saturated carbocycles. The predicted molar refractivity (Wildman–Crippen MR) is 133 cm³/mol. The van der Waals surface area contributed by atoms with Gasteiger partial charge in [0.15, 0.2) is 16.6 Å². The highest BCUT2D eigenvalue weighted by atomic mass is 32.1. The van der Waals surface area contributed by atoms with Crippen LogP contribution < -0.4 is 16.4 Å². The molecule has 186 valence electrons. The van der Waals surface area contributed by atoms with Crippen molar-refractivity contribution in [3.05, 3.63) is 41.6 Å². The van der Waals surface area contributed by atoms with Gasteiger partial charge in [-0.1, -0.05) is 36.3 Å². The van der Waals surface area contributed by atoms with Crippen molar-refractivity contribution >= 4 is 42.6 Å². The van der Waals surface area contributed by atoms with Crippen LogP contribution in [0.3, 0.4) is 0 Å². The van der Waals surface area contributed by atoms with E-state index >= 15 is 0 Å². The molecule has 0 aliphatic carbocycles. The lowest BCUT2D eigenvalue weighted by Crippen LogP contribution is -2.35. The largest absolute Gasteiger partial charge is 0.364 e. The maximum atomic E-state index is 12.5. The summed E-state index contributed by atoms with van der Waals surface area (Å²) in [6, 6.07) is 8.58. The van der Waals surface area contributed by atoms with E-state index in [0.29, 0.717) is 44.3 Å². The molecule has 2 rings (SSSR count). The molecule has 2 aromatic rings. The predicted octanol–water partition coefficient (Wildman–Crippen LogP) is 3.33. The van der Waals surface area contributed by atoms with E-state index < -0.39 is 19.4 Å². The van der Waals surface area contributed by atoms with E-state index in [1.807, 2.05) is 0 Å². The number of hydrogen-bond acceptors (Lipinski definition) is 8. The van der Waals surface area contributed by atoms with Crippen LogP contribution in [0, 0.1) is 0 Å². The number of aromatic nitrogens is 3. The van der Waals surface area contributed by atoms with Crippen LogP contribution in [0.2, 0.25) is 0 Å². The first kappa shape index (κ1) is 27.6. The van der Waals surface area contributed by atoms with Crippen molar-refractivity contribution in [1.29, 1.82) is 0 Å². The molecule has 0 aliphatic rings. The summed E-state index contributed by atoms with van der Waals surface area (Å²) in [6.45, 7) is 4.69. The van der Waals surface area contributed by atoms with Gasteiger partial charge in [0, 0.05) is 12.1 Å². The summed E-state index contributed by atoms with van der Waals surface area (Å²) < 4.78 is 24.6. The Morgan fingerprint density at radius 2 is 1.74 bits per heavy atom. The van der Waals surface area contributed by atoms with E-state index in [9.17, 15) is 14.2 Å². The quantitative estimate of drug-likeness (QED) is 0.197. The van der Waals surface area contributed by atoms with Crippen LogP contribution in [0.5, 0.6) is 0 Å². The number of primary amides is 1. The number of anilines is 1. The van der Waals surface area contributed by atoms with Crippen LogP contribution in [-0.4, -0.2) is 51.3 Å². The van der Waals surface area contributed by atoms with Crippen LogP contribution in [0.1, 0.15) is 60.4 Å². The van der Waals surface area contributed by atoms with E-state index in [-0.39, 0.29) is 16.6 Å². The van der Waals surface area contributed by atoms with Crippen molar-refractivity contribution in [3.8, 4) is 0 Å². The maximum Gasteiger partial charge on any atom is 0.330 e. The Balaban J connectivity index is 1.89. The highest BCUT2D eigenvalue weighted by molar-refractivity contribution is 7.80. The molecule has 2 amide bonds. The van der Waals surface area contributed by atoms with Crippen molar-refractivity contribution in [1.82, 2.24) is 20.3 Å². The topological polar surface area (TPSA) is 150 Å². The average molecular weight is 511 g/mol. The number of nitrogens with zero attached hydrogens (tertiary/aromatic N) is 3. The number of carbonyl (C=O) groups is 2. The summed E-state index contributed by atoms with van der Waals surface area (Å²) in [4.78, 5) is 24.1. The molecule has 0 spiro atoms. The van der Waals surface area contributed by atoms with Gasteiger partial charge >= 0.3 is 7.60 Å². The molecule has 0 radical (unpaired) electrons. The Morgan fingerprint density at radius 3 is 2.35 bits per heavy atom. The minimum atomic E-state index is -3.03. The number of thiocarbonyl (C=S) groups is 1. The smallest absolute Gasteiger partial charge is 0.330 e. The van der Waals surface area contributed by atoms with Crippen LogP contribution in [-0.2, 0) is 20.2 Å². The Labute approximate surface area is 204 Å². The number of nitrogens with one attached hydrogen (secondary N) is 2. The summed E-state index contributed by atoms with van der Waals surface area (Å²) >= 11 is 5.22. The third-order valence-electron chi connectivity index (χ3n) is 4.67. The minimum absolute atomic E-state index is 0.0116. The Hall–Kier alpha value is -2.66. The molecule has 0 unspecified atom stereocenters. The third-order valence-corrected chi connectivity index (χ3v) is 7.04. The van der Waals surface area contributed by atoms with Crippen molar-refractivity contribution < 1.29 is 23.2 Å². The summed E-state index contributed by atoms with van der Waals surface area (Å²) in [6.07, 6.45) is 3.41. The first-order chi connectivity index (χ1) is 16.3. The summed E-state index contributed by atoms with van der Waals surface area (Å²) in [5.41, 5.74) is 5.76. The van der Waals surface area contributed by atoms with E-state index in [0.717, 1.165) is 12.8 Å². The number of hydrogen-bond donors (Lipinski definition) is 3. The lowest BCUT2D eigenvalue weighted by atomic mass is 10.2. The van der Waals surface area contributed by atoms with Gasteiger partial charge in [-0.25, -0.2) is 4.68 Å². The van der Waals surface area contributed by atoms with Gasteiger partial charge in [-0.3, -0.25) is 19.5 Å². The standard InChI is InChI=1S/C21H31N6O5PS/c1-3-31-33(30,32-4-2)15-11-6-5-10-14-27-19(17(18(22)28)25-26-27)23-21(34)24-20(29)16-12-8-7-9-13-16/h7-9,12-13H,3-6,10-11,14-15H2,1-2H3,(H2,22,28)(H2,23,24,29,34). The zero-order chi connectivity index (χ0) is 25.0. The molecule has 11 nitrogen and oxygen atoms in total. The highest BCUT2D eigenvalue weighted by Gasteiger charge is 2.22. The van der Waals surface area contributed by atoms with Gasteiger partial charge in [-0.15, -0.1) is 5.10 Å². The summed E-state index contributed by atoms with van der Waals surface area (Å²) in [5, 5.41) is 13.2. The average Bonchev–Trinajstić information content (AvgIpc) is 3.19. The molecule has 0 fully saturated rings. The minimum Gasteiger partial charge on any atom is -0.364 e. The number of carbonyl (C=O) groups excluding carboxylic acids is 2. The van der Waals surface area contributed by atoms with E-state index in [2.05, 4.69) is 20.9 Å². The van der Waals surface area contributed by atoms with Crippen molar-refractivity contribution in [2.75, 3.05) is 24.7 Å². The Kier molecular flexibility index (Phi) is 11.3. The molecule has 34 heavy (non-hydrogen) atoms. The first-order valence-corrected chi connectivity index (χ1v) is 13.2. The Bertz CT molecular complexity index is 1010. The van der Waals surface area contributed by atoms with Crippen LogP contribution in [0.15, 0.2) is 30.3 Å². The van der Waals surface area contributed by atoms with Gasteiger partial charge in [-0.2, -0.15) is 0 Å². The molecule has 1 aromatic carbocycles. The molecule has 0 atom stereocenters. The van der Waals surface area contributed by atoms with Crippen molar-refractivity contribution in [3.63, 3.8) is 0 Å². The first-order valence-electron chi connectivity index (χ1n) is 11.1. The summed E-state index contributed by atoms with van der Waals surface area (Å²) in [5.74, 6) is -0.953. The van der Waals surface area contributed by atoms with Crippen molar-refractivity contribution in [2.24, 2.45) is 5.73 Å². The van der Waals surface area contributed by atoms with Crippen LogP contribution >= 0.6 is 19.8 Å². The number of unbranched alkanes of at least 4 members (excludes halogenated alkanes) is 3. The number of amides is 2. The number of nitrogens with two attached hydrogens (primary N) is 1. The second-order valence-corrected chi connectivity index (χ2v) is 9.83. The van der Waals surface area contributed by atoms with E-state index in [1.54, 1.807) is 44.2 Å². The molecule has 0 saturated heterocycles. The highest BCUT2D eigenvalue weighted by Crippen LogP contribution is 2.48. The van der Waals surface area contributed by atoms with Crippen molar-refractivity contribution in [2.45, 2.75) is 46.1 Å². The normalized spacial score (nSPS) is 11.2. The molecule has 4 N–H and O–H groups in total. The monoisotopic (exact) mass is 510 g/mol. The maximum absolute atomic E-state index is 12.5. The molecule has 0 aliphatic heterocycles. The van der Waals surface area contributed by atoms with Crippen LogP contribution in [0.4, 0.5) is 5.82 Å². The zero-order valence-electron chi connectivity index (χ0n) is 19.4.